The van der Waals surface area contributed by atoms with Crippen molar-refractivity contribution in [3.63, 3.8) is 0 Å². The van der Waals surface area contributed by atoms with Crippen LogP contribution in [-0.4, -0.2) is 30.5 Å². The highest BCUT2D eigenvalue weighted by atomic mass is 32.2. The Morgan fingerprint density at radius 2 is 1.95 bits per heavy atom. The van der Waals surface area contributed by atoms with Crippen LogP contribution in [0, 0.1) is 0 Å². The van der Waals surface area contributed by atoms with Gasteiger partial charge in [-0.2, -0.15) is 0 Å². The molecule has 0 saturated carbocycles. The normalized spacial score (nSPS) is 11.1. The zero-order chi connectivity index (χ0) is 15.5. The predicted molar refractivity (Wildman–Crippen MR) is 75.6 cm³/mol. The Balaban J connectivity index is 2.01. The van der Waals surface area contributed by atoms with Gasteiger partial charge in [0, 0.05) is 19.0 Å². The summed E-state index contributed by atoms with van der Waals surface area (Å²) in [5.74, 6) is -0.432. The van der Waals surface area contributed by atoms with Crippen LogP contribution in [0.5, 0.6) is 0 Å². The maximum atomic E-state index is 11.8. The first-order valence-corrected chi connectivity index (χ1v) is 7.87. The summed E-state index contributed by atoms with van der Waals surface area (Å²) >= 11 is 0. The van der Waals surface area contributed by atoms with Gasteiger partial charge in [-0.3, -0.25) is 9.59 Å². The molecule has 0 unspecified atom stereocenters. The number of sulfone groups is 1. The molecule has 1 aromatic carbocycles. The molecule has 0 aliphatic carbocycles. The maximum Gasteiger partial charge on any atom is 0.271 e. The molecule has 0 fully saturated rings. The van der Waals surface area contributed by atoms with Crippen LogP contribution in [0.25, 0.3) is 0 Å². The summed E-state index contributed by atoms with van der Waals surface area (Å²) in [5, 5.41) is 2.62. The van der Waals surface area contributed by atoms with E-state index in [9.17, 15) is 18.0 Å². The Morgan fingerprint density at radius 3 is 2.48 bits per heavy atom. The van der Waals surface area contributed by atoms with E-state index < -0.39 is 15.7 Å². The van der Waals surface area contributed by atoms with E-state index >= 15 is 0 Å². The van der Waals surface area contributed by atoms with Gasteiger partial charge in [0.1, 0.15) is 5.69 Å². The van der Waals surface area contributed by atoms with Gasteiger partial charge in [-0.1, -0.05) is 12.1 Å². The lowest BCUT2D eigenvalue weighted by Crippen LogP contribution is -2.25. The molecule has 7 nitrogen and oxygen atoms in total. The first-order chi connectivity index (χ1) is 9.86. The SMILES string of the molecule is CS(=O)(=O)c1ccc(CNC(=O)c2c[nH]c(=O)cn2)cc1. The minimum atomic E-state index is -3.23. The number of rotatable bonds is 4. The van der Waals surface area contributed by atoms with Crippen LogP contribution in [0.4, 0.5) is 0 Å². The van der Waals surface area contributed by atoms with Gasteiger partial charge in [-0.25, -0.2) is 13.4 Å². The van der Waals surface area contributed by atoms with Crippen molar-refractivity contribution in [1.82, 2.24) is 15.3 Å². The molecule has 2 aromatic rings. The highest BCUT2D eigenvalue weighted by Gasteiger charge is 2.08. The zero-order valence-electron chi connectivity index (χ0n) is 11.2. The molecule has 1 heterocycles. The van der Waals surface area contributed by atoms with E-state index in [0.717, 1.165) is 18.0 Å². The summed E-state index contributed by atoms with van der Waals surface area (Å²) in [4.78, 5) is 28.9. The molecule has 0 spiro atoms. The maximum absolute atomic E-state index is 11.8. The van der Waals surface area contributed by atoms with Crippen LogP contribution in [0.15, 0.2) is 46.3 Å². The van der Waals surface area contributed by atoms with Crippen molar-refractivity contribution in [3.05, 3.63) is 58.3 Å². The third kappa shape index (κ3) is 3.99. The van der Waals surface area contributed by atoms with Gasteiger partial charge in [-0.15, -0.1) is 0 Å². The summed E-state index contributed by atoms with van der Waals surface area (Å²) in [5.41, 5.74) is 0.463. The summed E-state index contributed by atoms with van der Waals surface area (Å²) in [6.07, 6.45) is 3.38. The Bertz CT molecular complexity index is 790. The molecule has 1 aromatic heterocycles. The van der Waals surface area contributed by atoms with Gasteiger partial charge < -0.3 is 10.3 Å². The molecule has 21 heavy (non-hydrogen) atoms. The van der Waals surface area contributed by atoms with Crippen LogP contribution in [0.2, 0.25) is 0 Å². The fourth-order valence-corrected chi connectivity index (χ4v) is 2.22. The molecule has 0 aliphatic heterocycles. The first kappa shape index (κ1) is 14.9. The van der Waals surface area contributed by atoms with Gasteiger partial charge in [0.05, 0.1) is 11.1 Å². The average Bonchev–Trinajstić information content (AvgIpc) is 2.45. The van der Waals surface area contributed by atoms with E-state index in [1.165, 1.54) is 18.3 Å². The predicted octanol–water partition coefficient (Wildman–Crippen LogP) is 0.103. The van der Waals surface area contributed by atoms with Crippen molar-refractivity contribution in [2.45, 2.75) is 11.4 Å². The number of hydrogen-bond acceptors (Lipinski definition) is 5. The van der Waals surface area contributed by atoms with Crippen molar-refractivity contribution < 1.29 is 13.2 Å². The Kier molecular flexibility index (Phi) is 4.18. The summed E-state index contributed by atoms with van der Waals surface area (Å²) in [7, 11) is -3.23. The molecule has 0 radical (unpaired) electrons. The van der Waals surface area contributed by atoms with E-state index in [1.807, 2.05) is 0 Å². The third-order valence-corrected chi connectivity index (χ3v) is 3.84. The molecule has 2 rings (SSSR count). The van der Waals surface area contributed by atoms with Crippen LogP contribution in [-0.2, 0) is 16.4 Å². The summed E-state index contributed by atoms with van der Waals surface area (Å²) in [6, 6.07) is 6.21. The lowest BCUT2D eigenvalue weighted by molar-refractivity contribution is 0.0945. The average molecular weight is 307 g/mol. The van der Waals surface area contributed by atoms with E-state index in [4.69, 9.17) is 0 Å². The van der Waals surface area contributed by atoms with E-state index in [2.05, 4.69) is 15.3 Å². The van der Waals surface area contributed by atoms with Gasteiger partial charge >= 0.3 is 0 Å². The Morgan fingerprint density at radius 1 is 1.29 bits per heavy atom. The standard InChI is InChI=1S/C13H13N3O4S/c1-21(19,20)10-4-2-9(3-5-10)6-16-13(18)11-7-15-12(17)8-14-11/h2-5,7-8H,6H2,1H3,(H,15,17)(H,16,18). The number of benzene rings is 1. The minimum Gasteiger partial charge on any atom is -0.347 e. The second-order valence-corrected chi connectivity index (χ2v) is 6.41. The molecule has 0 aliphatic rings. The molecule has 0 saturated heterocycles. The van der Waals surface area contributed by atoms with Crippen LogP contribution in [0.1, 0.15) is 16.1 Å². The lowest BCUT2D eigenvalue weighted by atomic mass is 10.2. The largest absolute Gasteiger partial charge is 0.347 e. The topological polar surface area (TPSA) is 109 Å². The molecule has 0 atom stereocenters. The molecule has 1 amide bonds. The Hall–Kier alpha value is -2.48. The lowest BCUT2D eigenvalue weighted by Gasteiger charge is -2.05. The minimum absolute atomic E-state index is 0.0994. The third-order valence-electron chi connectivity index (χ3n) is 2.71. The number of carbonyl (C=O) groups is 1. The van der Waals surface area contributed by atoms with Crippen LogP contribution < -0.4 is 10.9 Å². The van der Waals surface area contributed by atoms with Gasteiger partial charge in [-0.05, 0) is 17.7 Å². The van der Waals surface area contributed by atoms with E-state index in [1.54, 1.807) is 12.1 Å². The number of hydrogen-bond donors (Lipinski definition) is 2. The fourth-order valence-electron chi connectivity index (χ4n) is 1.59. The highest BCUT2D eigenvalue weighted by molar-refractivity contribution is 7.90. The zero-order valence-corrected chi connectivity index (χ0v) is 12.0. The van der Waals surface area contributed by atoms with Crippen molar-refractivity contribution in [2.24, 2.45) is 0 Å². The Labute approximate surface area is 121 Å². The number of nitrogens with zero attached hydrogens (tertiary/aromatic N) is 1. The summed E-state index contributed by atoms with van der Waals surface area (Å²) in [6.45, 7) is 0.226. The van der Waals surface area contributed by atoms with Crippen LogP contribution in [0.3, 0.4) is 0 Å². The second kappa shape index (κ2) is 5.88. The van der Waals surface area contributed by atoms with Crippen LogP contribution >= 0.6 is 0 Å². The molecule has 110 valence electrons. The molecule has 2 N–H and O–H groups in total. The smallest absolute Gasteiger partial charge is 0.271 e. The number of carbonyl (C=O) groups excluding carboxylic acids is 1. The number of amides is 1. The van der Waals surface area contributed by atoms with Crippen molar-refractivity contribution >= 4 is 15.7 Å². The number of nitrogens with one attached hydrogen (secondary N) is 2. The molecular formula is C13H13N3O4S. The van der Waals surface area contributed by atoms with E-state index in [0.29, 0.717) is 0 Å². The van der Waals surface area contributed by atoms with Crippen molar-refractivity contribution in [3.8, 4) is 0 Å². The summed E-state index contributed by atoms with van der Waals surface area (Å²) < 4.78 is 22.6. The highest BCUT2D eigenvalue weighted by Crippen LogP contribution is 2.10. The number of aromatic nitrogens is 2. The van der Waals surface area contributed by atoms with Crippen molar-refractivity contribution in [2.75, 3.05) is 6.26 Å². The quantitative estimate of drug-likeness (QED) is 0.833. The van der Waals surface area contributed by atoms with E-state index in [-0.39, 0.29) is 22.7 Å². The first-order valence-electron chi connectivity index (χ1n) is 5.98. The number of aromatic amines is 1. The molecular weight excluding hydrogens is 294 g/mol. The van der Waals surface area contributed by atoms with Gasteiger partial charge in [0.15, 0.2) is 9.84 Å². The van der Waals surface area contributed by atoms with Gasteiger partial charge in [0.25, 0.3) is 11.5 Å². The monoisotopic (exact) mass is 307 g/mol. The van der Waals surface area contributed by atoms with Crippen molar-refractivity contribution in [1.29, 1.82) is 0 Å². The van der Waals surface area contributed by atoms with Gasteiger partial charge in [0.2, 0.25) is 0 Å². The molecule has 0 bridgehead atoms. The second-order valence-electron chi connectivity index (χ2n) is 4.40. The molecule has 8 heteroatoms. The fraction of sp³-hybridized carbons (Fsp3) is 0.154. The number of H-pyrrole nitrogens is 1.